The molecule has 0 bridgehead atoms. The Morgan fingerprint density at radius 2 is 1.90 bits per heavy atom. The first-order valence-electron chi connectivity index (χ1n) is 7.01. The van der Waals surface area contributed by atoms with E-state index in [1.165, 1.54) is 0 Å². The molecule has 0 aromatic heterocycles. The molecule has 0 atom stereocenters. The molecule has 0 aliphatic heterocycles. The van der Waals surface area contributed by atoms with Crippen LogP contribution in [0.5, 0.6) is 0 Å². The summed E-state index contributed by atoms with van der Waals surface area (Å²) < 4.78 is 5.54. The lowest BCUT2D eigenvalue weighted by molar-refractivity contribution is -0.116. The Kier molecular flexibility index (Phi) is 5.79. The van der Waals surface area contributed by atoms with Gasteiger partial charge in [-0.05, 0) is 30.2 Å². The summed E-state index contributed by atoms with van der Waals surface area (Å²) in [6.07, 6.45) is 1.13. The van der Waals surface area contributed by atoms with Crippen molar-refractivity contribution in [1.82, 2.24) is 0 Å². The van der Waals surface area contributed by atoms with E-state index in [1.807, 2.05) is 42.5 Å². The van der Waals surface area contributed by atoms with Gasteiger partial charge in [-0.3, -0.25) is 4.79 Å². The van der Waals surface area contributed by atoms with Gasteiger partial charge < -0.3 is 15.8 Å². The van der Waals surface area contributed by atoms with Crippen molar-refractivity contribution in [3.63, 3.8) is 0 Å². The molecule has 0 spiro atoms. The molecular weight excluding hydrogens is 264 g/mol. The number of amides is 1. The molecule has 0 fully saturated rings. The van der Waals surface area contributed by atoms with E-state index in [4.69, 9.17) is 10.5 Å². The third-order valence-electron chi connectivity index (χ3n) is 2.97. The molecule has 110 valence electrons. The van der Waals surface area contributed by atoms with Crippen LogP contribution in [0.25, 0.3) is 0 Å². The SMILES string of the molecule is Nc1cccc(NC(=O)CCCOCc2ccccc2)c1. The summed E-state index contributed by atoms with van der Waals surface area (Å²) in [5.74, 6) is -0.0242. The number of hydrogen-bond donors (Lipinski definition) is 2. The fraction of sp³-hybridized carbons (Fsp3) is 0.235. The van der Waals surface area contributed by atoms with Gasteiger partial charge in [0.25, 0.3) is 0 Å². The highest BCUT2D eigenvalue weighted by molar-refractivity contribution is 5.91. The van der Waals surface area contributed by atoms with Crippen LogP contribution < -0.4 is 11.1 Å². The van der Waals surface area contributed by atoms with Gasteiger partial charge in [-0.25, -0.2) is 0 Å². The maximum Gasteiger partial charge on any atom is 0.224 e. The average Bonchev–Trinajstić information content (AvgIpc) is 2.48. The molecule has 2 aromatic carbocycles. The van der Waals surface area contributed by atoms with Gasteiger partial charge in [0.2, 0.25) is 5.91 Å². The maximum absolute atomic E-state index is 11.7. The van der Waals surface area contributed by atoms with Gasteiger partial charge in [-0.1, -0.05) is 36.4 Å². The molecular formula is C17H20N2O2. The molecule has 0 aliphatic rings. The van der Waals surface area contributed by atoms with Crippen molar-refractivity contribution in [2.75, 3.05) is 17.7 Å². The van der Waals surface area contributed by atoms with Crippen LogP contribution >= 0.6 is 0 Å². The summed E-state index contributed by atoms with van der Waals surface area (Å²) in [6.45, 7) is 1.15. The molecule has 21 heavy (non-hydrogen) atoms. The van der Waals surface area contributed by atoms with E-state index in [0.717, 1.165) is 11.3 Å². The second-order valence-electron chi connectivity index (χ2n) is 4.82. The fourth-order valence-corrected chi connectivity index (χ4v) is 1.94. The van der Waals surface area contributed by atoms with Crippen LogP contribution in [0.1, 0.15) is 18.4 Å². The van der Waals surface area contributed by atoms with Gasteiger partial charge in [0.1, 0.15) is 0 Å². The lowest BCUT2D eigenvalue weighted by atomic mass is 10.2. The predicted octanol–water partition coefficient (Wildman–Crippen LogP) is 3.20. The lowest BCUT2D eigenvalue weighted by Crippen LogP contribution is -2.12. The van der Waals surface area contributed by atoms with Crippen molar-refractivity contribution in [3.8, 4) is 0 Å². The van der Waals surface area contributed by atoms with Crippen LogP contribution in [0.3, 0.4) is 0 Å². The molecule has 4 nitrogen and oxygen atoms in total. The van der Waals surface area contributed by atoms with E-state index in [-0.39, 0.29) is 5.91 Å². The molecule has 0 saturated heterocycles. The number of carbonyl (C=O) groups excluding carboxylic acids is 1. The van der Waals surface area contributed by atoms with Crippen molar-refractivity contribution in [2.24, 2.45) is 0 Å². The second-order valence-corrected chi connectivity index (χ2v) is 4.82. The Labute approximate surface area is 124 Å². The highest BCUT2D eigenvalue weighted by Gasteiger charge is 2.02. The summed E-state index contributed by atoms with van der Waals surface area (Å²) in [5, 5.41) is 2.82. The summed E-state index contributed by atoms with van der Waals surface area (Å²) in [4.78, 5) is 11.7. The molecule has 0 heterocycles. The largest absolute Gasteiger partial charge is 0.399 e. The van der Waals surface area contributed by atoms with Crippen LogP contribution in [0.4, 0.5) is 11.4 Å². The van der Waals surface area contributed by atoms with Gasteiger partial charge in [-0.15, -0.1) is 0 Å². The number of nitrogen functional groups attached to an aromatic ring is 1. The van der Waals surface area contributed by atoms with Crippen molar-refractivity contribution in [3.05, 3.63) is 60.2 Å². The highest BCUT2D eigenvalue weighted by atomic mass is 16.5. The second kappa shape index (κ2) is 8.07. The van der Waals surface area contributed by atoms with Gasteiger partial charge in [0.05, 0.1) is 6.61 Å². The summed E-state index contributed by atoms with van der Waals surface area (Å²) in [7, 11) is 0. The molecule has 1 amide bonds. The zero-order valence-electron chi connectivity index (χ0n) is 11.9. The van der Waals surface area contributed by atoms with E-state index in [2.05, 4.69) is 5.32 Å². The Bertz CT molecular complexity index is 570. The molecule has 0 radical (unpaired) electrons. The van der Waals surface area contributed by atoms with E-state index in [9.17, 15) is 4.79 Å². The fourth-order valence-electron chi connectivity index (χ4n) is 1.94. The van der Waals surface area contributed by atoms with E-state index in [0.29, 0.717) is 31.7 Å². The molecule has 2 rings (SSSR count). The van der Waals surface area contributed by atoms with Gasteiger partial charge in [0, 0.05) is 24.4 Å². The Hall–Kier alpha value is -2.33. The minimum absolute atomic E-state index is 0.0242. The summed E-state index contributed by atoms with van der Waals surface area (Å²) >= 11 is 0. The van der Waals surface area contributed by atoms with Crippen LogP contribution in [0.2, 0.25) is 0 Å². The lowest BCUT2D eigenvalue weighted by Gasteiger charge is -2.06. The van der Waals surface area contributed by atoms with E-state index in [1.54, 1.807) is 12.1 Å². The van der Waals surface area contributed by atoms with E-state index < -0.39 is 0 Å². The zero-order chi connectivity index (χ0) is 14.9. The summed E-state index contributed by atoms with van der Waals surface area (Å²) in [6, 6.07) is 17.1. The number of nitrogens with two attached hydrogens (primary N) is 1. The monoisotopic (exact) mass is 284 g/mol. The number of rotatable bonds is 7. The predicted molar refractivity (Wildman–Crippen MR) is 84.8 cm³/mol. The Balaban J connectivity index is 1.61. The molecule has 0 unspecified atom stereocenters. The maximum atomic E-state index is 11.7. The molecule has 4 heteroatoms. The average molecular weight is 284 g/mol. The normalized spacial score (nSPS) is 10.3. The van der Waals surface area contributed by atoms with Crippen molar-refractivity contribution in [2.45, 2.75) is 19.4 Å². The molecule has 0 aliphatic carbocycles. The molecule has 2 aromatic rings. The number of ether oxygens (including phenoxy) is 1. The Morgan fingerprint density at radius 3 is 2.67 bits per heavy atom. The van der Waals surface area contributed by atoms with E-state index >= 15 is 0 Å². The van der Waals surface area contributed by atoms with Crippen molar-refractivity contribution in [1.29, 1.82) is 0 Å². The molecule has 3 N–H and O–H groups in total. The third-order valence-corrected chi connectivity index (χ3v) is 2.97. The van der Waals surface area contributed by atoms with Crippen LogP contribution in [0.15, 0.2) is 54.6 Å². The van der Waals surface area contributed by atoms with Gasteiger partial charge >= 0.3 is 0 Å². The zero-order valence-corrected chi connectivity index (χ0v) is 11.9. The molecule has 0 saturated carbocycles. The number of carbonyl (C=O) groups is 1. The number of benzene rings is 2. The highest BCUT2D eigenvalue weighted by Crippen LogP contribution is 2.12. The summed E-state index contributed by atoms with van der Waals surface area (Å²) in [5.41, 5.74) is 8.16. The Morgan fingerprint density at radius 1 is 1.10 bits per heavy atom. The topological polar surface area (TPSA) is 64.3 Å². The van der Waals surface area contributed by atoms with Crippen LogP contribution in [-0.2, 0) is 16.1 Å². The van der Waals surface area contributed by atoms with Crippen molar-refractivity contribution >= 4 is 17.3 Å². The standard InChI is InChI=1S/C17H20N2O2/c18-15-8-4-9-16(12-15)19-17(20)10-5-11-21-13-14-6-2-1-3-7-14/h1-4,6-9,12H,5,10-11,13,18H2,(H,19,20). The number of nitrogens with one attached hydrogen (secondary N) is 1. The minimum Gasteiger partial charge on any atom is -0.399 e. The first kappa shape index (κ1) is 15.1. The third kappa shape index (κ3) is 5.67. The smallest absolute Gasteiger partial charge is 0.224 e. The number of anilines is 2. The van der Waals surface area contributed by atoms with Crippen LogP contribution in [-0.4, -0.2) is 12.5 Å². The number of hydrogen-bond acceptors (Lipinski definition) is 3. The van der Waals surface area contributed by atoms with Crippen LogP contribution in [0, 0.1) is 0 Å². The first-order chi connectivity index (χ1) is 10.2. The van der Waals surface area contributed by atoms with Crippen molar-refractivity contribution < 1.29 is 9.53 Å². The van der Waals surface area contributed by atoms with Gasteiger partial charge in [-0.2, -0.15) is 0 Å². The first-order valence-corrected chi connectivity index (χ1v) is 7.01. The van der Waals surface area contributed by atoms with Gasteiger partial charge in [0.15, 0.2) is 0 Å². The quantitative estimate of drug-likeness (QED) is 0.606. The minimum atomic E-state index is -0.0242.